The molecule has 0 aromatic heterocycles. The maximum absolute atomic E-state index is 13.4. The molecule has 0 bridgehead atoms. The quantitative estimate of drug-likeness (QED) is 0.563. The summed E-state index contributed by atoms with van der Waals surface area (Å²) in [6.45, 7) is 0. The molecule has 3 aromatic rings. The fourth-order valence-electron chi connectivity index (χ4n) is 2.19. The molecule has 0 amide bonds. The molecule has 0 aliphatic carbocycles. The van der Waals surface area contributed by atoms with Crippen LogP contribution in [0, 0.1) is 15.9 Å². The number of nitrogens with one attached hydrogen (secondary N) is 1. The number of hydrogen-bond donors (Lipinski definition) is 1. The highest BCUT2D eigenvalue weighted by atomic mass is 19.1. The molecule has 0 saturated heterocycles. The number of anilines is 2. The van der Waals surface area contributed by atoms with E-state index >= 15 is 0 Å². The largest absolute Gasteiger partial charge is 0.355 e. The van der Waals surface area contributed by atoms with Crippen LogP contribution in [0.5, 0.6) is 0 Å². The maximum Gasteiger partial charge on any atom is 0.274 e. The van der Waals surface area contributed by atoms with Crippen LogP contribution in [0.15, 0.2) is 60.7 Å². The van der Waals surface area contributed by atoms with E-state index in [1.54, 1.807) is 0 Å². The van der Waals surface area contributed by atoms with Gasteiger partial charge in [-0.05, 0) is 29.0 Å². The second kappa shape index (κ2) is 5.20. The second-order valence-corrected chi connectivity index (χ2v) is 4.64. The topological polar surface area (TPSA) is 55.2 Å². The molecule has 1 N–H and O–H groups in total. The van der Waals surface area contributed by atoms with Crippen LogP contribution in [0.1, 0.15) is 0 Å². The van der Waals surface area contributed by atoms with Crippen molar-refractivity contribution in [1.29, 1.82) is 0 Å². The van der Waals surface area contributed by atoms with Crippen LogP contribution in [-0.2, 0) is 0 Å². The first-order valence-electron chi connectivity index (χ1n) is 6.33. The van der Waals surface area contributed by atoms with Gasteiger partial charge in [-0.2, -0.15) is 0 Å². The Morgan fingerprint density at radius 1 is 0.905 bits per heavy atom. The van der Waals surface area contributed by atoms with Crippen molar-refractivity contribution in [1.82, 2.24) is 0 Å². The molecule has 4 nitrogen and oxygen atoms in total. The summed E-state index contributed by atoms with van der Waals surface area (Å²) in [4.78, 5) is 10.1. The Labute approximate surface area is 120 Å². The Kier molecular flexibility index (Phi) is 3.23. The lowest BCUT2D eigenvalue weighted by atomic mass is 10.1. The Morgan fingerprint density at radius 3 is 2.43 bits per heavy atom. The smallest absolute Gasteiger partial charge is 0.274 e. The van der Waals surface area contributed by atoms with E-state index in [2.05, 4.69) is 5.32 Å². The Morgan fingerprint density at radius 2 is 1.67 bits per heavy atom. The average Bonchev–Trinajstić information content (AvgIpc) is 2.46. The van der Waals surface area contributed by atoms with Crippen molar-refractivity contribution >= 4 is 27.8 Å². The van der Waals surface area contributed by atoms with E-state index < -0.39 is 10.7 Å². The van der Waals surface area contributed by atoms with E-state index in [-0.39, 0.29) is 5.69 Å². The minimum Gasteiger partial charge on any atom is -0.355 e. The van der Waals surface area contributed by atoms with Gasteiger partial charge in [-0.25, -0.2) is 4.39 Å². The number of rotatable bonds is 3. The van der Waals surface area contributed by atoms with Crippen molar-refractivity contribution in [3.05, 3.63) is 76.6 Å². The number of nitro benzene ring substituents is 1. The standard InChI is InChI=1S/C16H11FN2O2/c17-13-8-15(10-16(9-13)19(20)21)18-14-6-5-11-3-1-2-4-12(11)7-14/h1-10,18H. The maximum atomic E-state index is 13.4. The molecule has 3 rings (SSSR count). The van der Waals surface area contributed by atoms with Crippen LogP contribution in [-0.4, -0.2) is 4.92 Å². The zero-order chi connectivity index (χ0) is 14.8. The number of halogens is 1. The lowest BCUT2D eigenvalue weighted by Crippen LogP contribution is -1.94. The van der Waals surface area contributed by atoms with Crippen molar-refractivity contribution in [2.24, 2.45) is 0 Å². The first-order valence-corrected chi connectivity index (χ1v) is 6.33. The van der Waals surface area contributed by atoms with Crippen molar-refractivity contribution < 1.29 is 9.31 Å². The first kappa shape index (κ1) is 13.1. The molecule has 0 atom stereocenters. The Balaban J connectivity index is 1.96. The molecule has 0 spiro atoms. The van der Waals surface area contributed by atoms with Crippen LogP contribution in [0.3, 0.4) is 0 Å². The van der Waals surface area contributed by atoms with Gasteiger partial charge in [-0.3, -0.25) is 10.1 Å². The highest BCUT2D eigenvalue weighted by Crippen LogP contribution is 2.25. The summed E-state index contributed by atoms with van der Waals surface area (Å²) in [5, 5.41) is 15.9. The van der Waals surface area contributed by atoms with Gasteiger partial charge >= 0.3 is 0 Å². The fourth-order valence-corrected chi connectivity index (χ4v) is 2.19. The molecular formula is C16H11FN2O2. The predicted molar refractivity (Wildman–Crippen MR) is 80.3 cm³/mol. The number of nitro groups is 1. The van der Waals surface area contributed by atoms with Crippen molar-refractivity contribution in [2.45, 2.75) is 0 Å². The van der Waals surface area contributed by atoms with Crippen LogP contribution in [0.2, 0.25) is 0 Å². The van der Waals surface area contributed by atoms with Gasteiger partial charge in [0.05, 0.1) is 11.0 Å². The van der Waals surface area contributed by atoms with Crippen molar-refractivity contribution in [3.63, 3.8) is 0 Å². The number of hydrogen-bond acceptors (Lipinski definition) is 3. The molecule has 5 heteroatoms. The summed E-state index contributed by atoms with van der Waals surface area (Å²) in [5.41, 5.74) is 0.809. The molecule has 0 saturated carbocycles. The van der Waals surface area contributed by atoms with Crippen LogP contribution < -0.4 is 5.32 Å². The first-order chi connectivity index (χ1) is 10.1. The zero-order valence-electron chi connectivity index (χ0n) is 10.9. The summed E-state index contributed by atoms with van der Waals surface area (Å²) in [5.74, 6) is -0.646. The normalized spacial score (nSPS) is 10.5. The summed E-state index contributed by atoms with van der Waals surface area (Å²) in [6, 6.07) is 17.0. The number of nitrogens with zero attached hydrogens (tertiary/aromatic N) is 1. The molecule has 0 aliphatic heterocycles. The molecule has 0 unspecified atom stereocenters. The summed E-state index contributed by atoms with van der Waals surface area (Å²) >= 11 is 0. The van der Waals surface area contributed by atoms with E-state index in [0.717, 1.165) is 22.5 Å². The number of non-ortho nitro benzene ring substituents is 1. The third-order valence-electron chi connectivity index (χ3n) is 3.13. The van der Waals surface area contributed by atoms with Gasteiger partial charge in [-0.15, -0.1) is 0 Å². The lowest BCUT2D eigenvalue weighted by molar-refractivity contribution is -0.385. The molecule has 0 heterocycles. The third-order valence-corrected chi connectivity index (χ3v) is 3.13. The molecule has 0 radical (unpaired) electrons. The summed E-state index contributed by atoms with van der Waals surface area (Å²) in [7, 11) is 0. The van der Waals surface area contributed by atoms with Crippen molar-refractivity contribution in [3.8, 4) is 0 Å². The summed E-state index contributed by atoms with van der Waals surface area (Å²) < 4.78 is 13.4. The van der Waals surface area contributed by atoms with Crippen molar-refractivity contribution in [2.75, 3.05) is 5.32 Å². The zero-order valence-corrected chi connectivity index (χ0v) is 10.9. The van der Waals surface area contributed by atoms with Gasteiger partial charge in [0.1, 0.15) is 5.82 Å². The molecule has 3 aromatic carbocycles. The van der Waals surface area contributed by atoms with Gasteiger partial charge in [-0.1, -0.05) is 30.3 Å². The third kappa shape index (κ3) is 2.81. The lowest BCUT2D eigenvalue weighted by Gasteiger charge is -2.08. The van der Waals surface area contributed by atoms with E-state index in [1.165, 1.54) is 12.1 Å². The molecule has 0 aliphatic rings. The van der Waals surface area contributed by atoms with Gasteiger partial charge in [0, 0.05) is 17.4 Å². The second-order valence-electron chi connectivity index (χ2n) is 4.64. The molecule has 21 heavy (non-hydrogen) atoms. The van der Waals surface area contributed by atoms with Crippen LogP contribution >= 0.6 is 0 Å². The number of fused-ring (bicyclic) bond motifs is 1. The molecule has 0 fully saturated rings. The van der Waals surface area contributed by atoms with Crippen LogP contribution in [0.25, 0.3) is 10.8 Å². The average molecular weight is 282 g/mol. The van der Waals surface area contributed by atoms with Crippen LogP contribution in [0.4, 0.5) is 21.5 Å². The summed E-state index contributed by atoms with van der Waals surface area (Å²) in [6.07, 6.45) is 0. The SMILES string of the molecule is O=[N+]([O-])c1cc(F)cc(Nc2ccc3ccccc3c2)c1. The van der Waals surface area contributed by atoms with Gasteiger partial charge < -0.3 is 5.32 Å². The van der Waals surface area contributed by atoms with E-state index in [1.807, 2.05) is 42.5 Å². The van der Waals surface area contributed by atoms with Gasteiger partial charge in [0.25, 0.3) is 5.69 Å². The minimum atomic E-state index is -0.646. The highest BCUT2D eigenvalue weighted by Gasteiger charge is 2.10. The van der Waals surface area contributed by atoms with E-state index in [0.29, 0.717) is 5.69 Å². The Bertz CT molecular complexity index is 833. The Hall–Kier alpha value is -2.95. The predicted octanol–water partition coefficient (Wildman–Crippen LogP) is 4.63. The molecular weight excluding hydrogens is 271 g/mol. The molecule has 104 valence electrons. The van der Waals surface area contributed by atoms with E-state index in [4.69, 9.17) is 0 Å². The monoisotopic (exact) mass is 282 g/mol. The van der Waals surface area contributed by atoms with E-state index in [9.17, 15) is 14.5 Å². The minimum absolute atomic E-state index is 0.279. The fraction of sp³-hybridized carbons (Fsp3) is 0. The van der Waals surface area contributed by atoms with Gasteiger partial charge in [0.15, 0.2) is 0 Å². The highest BCUT2D eigenvalue weighted by molar-refractivity contribution is 5.86. The van der Waals surface area contributed by atoms with Gasteiger partial charge in [0.2, 0.25) is 0 Å². The number of benzene rings is 3.